The molecule has 2 aromatic rings. The maximum Gasteiger partial charge on any atom is 0.195 e. The molecule has 1 heterocycles. The molecule has 0 atom stereocenters. The minimum Gasteiger partial charge on any atom is -0.493 e. The number of benzene rings is 2. The first-order valence-electron chi connectivity index (χ1n) is 10.3. The Morgan fingerprint density at radius 1 is 1.14 bits per heavy atom. The van der Waals surface area contributed by atoms with Crippen LogP contribution in [0.3, 0.4) is 0 Å². The third-order valence-corrected chi connectivity index (χ3v) is 5.10. The van der Waals surface area contributed by atoms with Crippen LogP contribution in [0.5, 0.6) is 11.5 Å². The van der Waals surface area contributed by atoms with Crippen LogP contribution >= 0.6 is 0 Å². The first-order valence-corrected chi connectivity index (χ1v) is 10.3. The first kappa shape index (κ1) is 21.0. The Morgan fingerprint density at radius 3 is 2.72 bits per heavy atom. The standard InChI is InChI=1S/C23H32N4O2/c1-4-29-21-11-10-20(16-22(21)28-3)26-23(24-2)25-13-7-14-27-15-12-18-8-5-6-9-19(18)17-27/h5-6,8-11,16H,4,7,12-15,17H2,1-3H3,(H2,24,25,26). The lowest BCUT2D eigenvalue weighted by molar-refractivity contribution is 0.251. The van der Waals surface area contributed by atoms with Crippen LogP contribution in [0.4, 0.5) is 5.69 Å². The van der Waals surface area contributed by atoms with Crippen LogP contribution in [0.2, 0.25) is 0 Å². The topological polar surface area (TPSA) is 58.1 Å². The number of anilines is 1. The van der Waals surface area contributed by atoms with E-state index >= 15 is 0 Å². The summed E-state index contributed by atoms with van der Waals surface area (Å²) in [5, 5.41) is 6.71. The molecule has 0 aromatic heterocycles. The molecule has 0 unspecified atom stereocenters. The highest BCUT2D eigenvalue weighted by Gasteiger charge is 2.15. The third kappa shape index (κ3) is 5.87. The van der Waals surface area contributed by atoms with E-state index in [4.69, 9.17) is 9.47 Å². The van der Waals surface area contributed by atoms with Gasteiger partial charge in [0.2, 0.25) is 0 Å². The van der Waals surface area contributed by atoms with Crippen LogP contribution in [0.15, 0.2) is 47.5 Å². The van der Waals surface area contributed by atoms with Crippen molar-refractivity contribution in [1.29, 1.82) is 0 Å². The Labute approximate surface area is 173 Å². The summed E-state index contributed by atoms with van der Waals surface area (Å²) in [5.74, 6) is 2.20. The largest absolute Gasteiger partial charge is 0.493 e. The second-order valence-electron chi connectivity index (χ2n) is 7.07. The van der Waals surface area contributed by atoms with E-state index < -0.39 is 0 Å². The molecule has 29 heavy (non-hydrogen) atoms. The molecule has 0 amide bonds. The zero-order valence-electron chi connectivity index (χ0n) is 17.7. The predicted molar refractivity (Wildman–Crippen MR) is 119 cm³/mol. The van der Waals surface area contributed by atoms with Gasteiger partial charge in [0.25, 0.3) is 0 Å². The van der Waals surface area contributed by atoms with Gasteiger partial charge in [-0.3, -0.25) is 9.89 Å². The highest BCUT2D eigenvalue weighted by atomic mass is 16.5. The van der Waals surface area contributed by atoms with Crippen molar-refractivity contribution in [2.75, 3.05) is 45.7 Å². The van der Waals surface area contributed by atoms with Crippen LogP contribution < -0.4 is 20.1 Å². The van der Waals surface area contributed by atoms with Crippen molar-refractivity contribution in [2.24, 2.45) is 4.99 Å². The summed E-state index contributed by atoms with van der Waals surface area (Å²) in [6.07, 6.45) is 2.21. The molecule has 2 N–H and O–H groups in total. The number of guanidine groups is 1. The summed E-state index contributed by atoms with van der Waals surface area (Å²) in [4.78, 5) is 6.85. The van der Waals surface area contributed by atoms with Gasteiger partial charge in [0, 0.05) is 45.0 Å². The number of hydrogen-bond donors (Lipinski definition) is 2. The van der Waals surface area contributed by atoms with Crippen LogP contribution in [0, 0.1) is 0 Å². The maximum atomic E-state index is 5.57. The van der Waals surface area contributed by atoms with E-state index in [0.717, 1.165) is 56.4 Å². The van der Waals surface area contributed by atoms with E-state index in [1.54, 1.807) is 14.2 Å². The van der Waals surface area contributed by atoms with Crippen LogP contribution in [-0.4, -0.2) is 51.3 Å². The zero-order valence-corrected chi connectivity index (χ0v) is 17.7. The van der Waals surface area contributed by atoms with Gasteiger partial charge in [-0.15, -0.1) is 0 Å². The number of fused-ring (bicyclic) bond motifs is 1. The fraction of sp³-hybridized carbons (Fsp3) is 0.435. The number of nitrogens with one attached hydrogen (secondary N) is 2. The van der Waals surface area contributed by atoms with Gasteiger partial charge in [-0.25, -0.2) is 0 Å². The fourth-order valence-electron chi connectivity index (χ4n) is 3.59. The molecule has 2 aromatic carbocycles. The van der Waals surface area contributed by atoms with Gasteiger partial charge in [0.05, 0.1) is 13.7 Å². The second kappa shape index (κ2) is 10.7. The van der Waals surface area contributed by atoms with E-state index in [2.05, 4.69) is 44.8 Å². The number of aliphatic imine (C=N–C) groups is 1. The average Bonchev–Trinajstić information content (AvgIpc) is 2.76. The molecule has 0 fully saturated rings. The number of nitrogens with zero attached hydrogens (tertiary/aromatic N) is 2. The second-order valence-corrected chi connectivity index (χ2v) is 7.07. The summed E-state index contributed by atoms with van der Waals surface area (Å²) >= 11 is 0. The van der Waals surface area contributed by atoms with Gasteiger partial charge in [0.1, 0.15) is 0 Å². The molecular formula is C23H32N4O2. The van der Waals surface area contributed by atoms with Gasteiger partial charge < -0.3 is 20.1 Å². The molecule has 3 rings (SSSR count). The lowest BCUT2D eigenvalue weighted by atomic mass is 10.00. The summed E-state index contributed by atoms with van der Waals surface area (Å²) in [6.45, 7) is 6.70. The van der Waals surface area contributed by atoms with Crippen molar-refractivity contribution < 1.29 is 9.47 Å². The number of rotatable bonds is 8. The highest BCUT2D eigenvalue weighted by Crippen LogP contribution is 2.30. The molecule has 0 aliphatic carbocycles. The normalized spacial score (nSPS) is 14.2. The maximum absolute atomic E-state index is 5.57. The van der Waals surface area contributed by atoms with Crippen molar-refractivity contribution in [3.63, 3.8) is 0 Å². The molecule has 0 radical (unpaired) electrons. The molecule has 0 saturated heterocycles. The lowest BCUT2D eigenvalue weighted by Gasteiger charge is -2.28. The molecule has 0 bridgehead atoms. The van der Waals surface area contributed by atoms with Crippen molar-refractivity contribution in [3.05, 3.63) is 53.6 Å². The van der Waals surface area contributed by atoms with E-state index in [0.29, 0.717) is 12.4 Å². The SMILES string of the molecule is CCOc1ccc(NC(=NC)NCCCN2CCc3ccccc3C2)cc1OC. The molecule has 1 aliphatic heterocycles. The Kier molecular flexibility index (Phi) is 7.76. The van der Waals surface area contributed by atoms with Gasteiger partial charge in [0.15, 0.2) is 17.5 Å². The van der Waals surface area contributed by atoms with Crippen molar-refractivity contribution >= 4 is 11.6 Å². The van der Waals surface area contributed by atoms with Crippen LogP contribution in [-0.2, 0) is 13.0 Å². The number of methoxy groups -OCH3 is 1. The van der Waals surface area contributed by atoms with Crippen molar-refractivity contribution in [3.8, 4) is 11.5 Å². The minimum absolute atomic E-state index is 0.606. The van der Waals surface area contributed by atoms with E-state index in [1.807, 2.05) is 25.1 Å². The van der Waals surface area contributed by atoms with Crippen LogP contribution in [0.25, 0.3) is 0 Å². The van der Waals surface area contributed by atoms with Gasteiger partial charge in [-0.2, -0.15) is 0 Å². The molecule has 0 saturated carbocycles. The minimum atomic E-state index is 0.606. The smallest absolute Gasteiger partial charge is 0.195 e. The zero-order chi connectivity index (χ0) is 20.5. The lowest BCUT2D eigenvalue weighted by Crippen LogP contribution is -2.35. The van der Waals surface area contributed by atoms with Crippen LogP contribution in [0.1, 0.15) is 24.5 Å². The monoisotopic (exact) mass is 396 g/mol. The van der Waals surface area contributed by atoms with Gasteiger partial charge in [-0.1, -0.05) is 24.3 Å². The van der Waals surface area contributed by atoms with Crippen molar-refractivity contribution in [2.45, 2.75) is 26.3 Å². The molecular weight excluding hydrogens is 364 g/mol. The Bertz CT molecular complexity index is 822. The summed E-state index contributed by atoms with van der Waals surface area (Å²) in [6, 6.07) is 14.6. The van der Waals surface area contributed by atoms with E-state index in [9.17, 15) is 0 Å². The number of hydrogen-bond acceptors (Lipinski definition) is 4. The average molecular weight is 397 g/mol. The molecule has 6 nitrogen and oxygen atoms in total. The summed E-state index contributed by atoms with van der Waals surface area (Å²) in [5.41, 5.74) is 3.87. The Balaban J connectivity index is 1.44. The van der Waals surface area contributed by atoms with E-state index in [-0.39, 0.29) is 0 Å². The Morgan fingerprint density at radius 2 is 1.97 bits per heavy atom. The van der Waals surface area contributed by atoms with Gasteiger partial charge >= 0.3 is 0 Å². The van der Waals surface area contributed by atoms with Gasteiger partial charge in [-0.05, 0) is 43.0 Å². The summed E-state index contributed by atoms with van der Waals surface area (Å²) < 4.78 is 11.0. The number of ether oxygens (including phenoxy) is 2. The van der Waals surface area contributed by atoms with Crippen molar-refractivity contribution in [1.82, 2.24) is 10.2 Å². The molecule has 6 heteroatoms. The predicted octanol–water partition coefficient (Wildman–Crippen LogP) is 3.53. The molecule has 1 aliphatic rings. The first-order chi connectivity index (χ1) is 14.2. The van der Waals surface area contributed by atoms with E-state index in [1.165, 1.54) is 11.1 Å². The third-order valence-electron chi connectivity index (χ3n) is 5.10. The molecule has 0 spiro atoms. The summed E-state index contributed by atoms with van der Waals surface area (Å²) in [7, 11) is 3.43. The fourth-order valence-corrected chi connectivity index (χ4v) is 3.59. The Hall–Kier alpha value is -2.73. The highest BCUT2D eigenvalue weighted by molar-refractivity contribution is 5.93. The quantitative estimate of drug-likeness (QED) is 0.406. The molecule has 156 valence electrons.